The van der Waals surface area contributed by atoms with E-state index in [1.54, 1.807) is 13.1 Å². The van der Waals surface area contributed by atoms with E-state index in [2.05, 4.69) is 19.9 Å². The van der Waals surface area contributed by atoms with Crippen molar-refractivity contribution in [3.05, 3.63) is 58.7 Å². The van der Waals surface area contributed by atoms with Crippen LogP contribution in [0.4, 0.5) is 0 Å². The van der Waals surface area contributed by atoms with E-state index >= 15 is 0 Å². The lowest BCUT2D eigenvalue weighted by molar-refractivity contribution is -0.138. The van der Waals surface area contributed by atoms with Gasteiger partial charge in [-0.15, -0.1) is 0 Å². The number of phenolic OH excluding ortho intramolecular Hbond substituents is 1. The van der Waals surface area contributed by atoms with E-state index in [1.165, 1.54) is 21.6 Å². The number of likely N-dealkylation sites (tertiary alicyclic amines) is 1. The van der Waals surface area contributed by atoms with Gasteiger partial charge in [-0.1, -0.05) is 54.5 Å². The number of benzene rings is 2. The summed E-state index contributed by atoms with van der Waals surface area (Å²) in [5.74, 6) is -0.218. The molecule has 5 nitrogen and oxygen atoms in total. The Morgan fingerprint density at radius 3 is 2.64 bits per heavy atom. The van der Waals surface area contributed by atoms with Gasteiger partial charge >= 0.3 is 0 Å². The average Bonchev–Trinajstić information content (AvgIpc) is 3.34. The van der Waals surface area contributed by atoms with Crippen molar-refractivity contribution in [1.82, 2.24) is 4.90 Å². The molecule has 0 bridgehead atoms. The average molecular weight is 446 g/mol. The van der Waals surface area contributed by atoms with Crippen LogP contribution in [0.1, 0.15) is 45.1 Å². The molecule has 3 aliphatic rings. The monoisotopic (exact) mass is 445 g/mol. The molecule has 5 rings (SSSR count). The molecule has 0 aromatic heterocycles. The van der Waals surface area contributed by atoms with Gasteiger partial charge in [0.05, 0.1) is 24.5 Å². The molecule has 1 N–H and O–H groups in total. The normalized spacial score (nSPS) is 27.5. The highest BCUT2D eigenvalue weighted by Crippen LogP contribution is 2.49. The van der Waals surface area contributed by atoms with Gasteiger partial charge in [0.25, 0.3) is 0 Å². The van der Waals surface area contributed by atoms with Crippen LogP contribution in [0.3, 0.4) is 0 Å². The Balaban J connectivity index is 1.36. The number of imide groups is 1. The molecular formula is C28H31NO4. The Morgan fingerprint density at radius 2 is 1.88 bits per heavy atom. The van der Waals surface area contributed by atoms with Gasteiger partial charge in [-0.25, -0.2) is 0 Å². The van der Waals surface area contributed by atoms with Crippen LogP contribution in [0.25, 0.3) is 16.8 Å². The molecule has 2 fully saturated rings. The van der Waals surface area contributed by atoms with Crippen LogP contribution in [0, 0.1) is 17.8 Å². The molecule has 1 aliphatic carbocycles. The summed E-state index contributed by atoms with van der Waals surface area (Å²) in [6.45, 7) is 4.80. The van der Waals surface area contributed by atoms with Gasteiger partial charge in [-0.3, -0.25) is 14.5 Å². The molecule has 2 aliphatic heterocycles. The van der Waals surface area contributed by atoms with Crippen LogP contribution in [0.15, 0.2) is 53.1 Å². The van der Waals surface area contributed by atoms with Gasteiger partial charge in [0.15, 0.2) is 0 Å². The van der Waals surface area contributed by atoms with Gasteiger partial charge in [-0.2, -0.15) is 0 Å². The van der Waals surface area contributed by atoms with E-state index in [-0.39, 0.29) is 35.7 Å². The van der Waals surface area contributed by atoms with Crippen LogP contribution in [0.5, 0.6) is 5.75 Å². The molecule has 0 saturated carbocycles. The quantitative estimate of drug-likeness (QED) is 0.515. The second-order valence-electron chi connectivity index (χ2n) is 9.65. The maximum Gasteiger partial charge on any atom is 0.233 e. The number of hydrogen-bond donors (Lipinski definition) is 1. The third-order valence-electron chi connectivity index (χ3n) is 7.85. The first kappa shape index (κ1) is 21.9. The van der Waals surface area contributed by atoms with Gasteiger partial charge in [0.1, 0.15) is 5.75 Å². The topological polar surface area (TPSA) is 66.8 Å². The molecule has 2 saturated heterocycles. The first-order valence-corrected chi connectivity index (χ1v) is 11.9. The number of fused-ring (bicyclic) bond motifs is 4. The smallest absolute Gasteiger partial charge is 0.233 e. The molecule has 2 aromatic rings. The summed E-state index contributed by atoms with van der Waals surface area (Å²) >= 11 is 0. The van der Waals surface area contributed by atoms with Gasteiger partial charge in [0.2, 0.25) is 11.8 Å². The fourth-order valence-corrected chi connectivity index (χ4v) is 6.11. The van der Waals surface area contributed by atoms with E-state index in [1.807, 2.05) is 30.3 Å². The Hall–Kier alpha value is -2.92. The highest BCUT2D eigenvalue weighted by atomic mass is 16.5. The van der Waals surface area contributed by atoms with Crippen molar-refractivity contribution in [2.24, 2.45) is 17.8 Å². The molecule has 0 spiro atoms. The number of rotatable bonds is 5. The summed E-state index contributed by atoms with van der Waals surface area (Å²) < 4.78 is 6.23. The minimum atomic E-state index is -0.254. The molecule has 4 atom stereocenters. The Bertz CT molecular complexity index is 1190. The van der Waals surface area contributed by atoms with Crippen molar-refractivity contribution in [2.45, 2.75) is 45.6 Å². The zero-order valence-electron chi connectivity index (χ0n) is 19.5. The van der Waals surface area contributed by atoms with Crippen LogP contribution < -0.4 is 0 Å². The van der Waals surface area contributed by atoms with Crippen LogP contribution in [-0.4, -0.2) is 41.6 Å². The van der Waals surface area contributed by atoms with E-state index in [4.69, 9.17) is 4.74 Å². The maximum atomic E-state index is 12.8. The number of aromatic hydroxyl groups is 1. The number of carbonyl (C=O) groups is 2. The van der Waals surface area contributed by atoms with Gasteiger partial charge in [-0.05, 0) is 55.2 Å². The molecule has 5 heteroatoms. The van der Waals surface area contributed by atoms with Crippen LogP contribution in [-0.2, 0) is 14.3 Å². The van der Waals surface area contributed by atoms with Crippen LogP contribution in [0.2, 0.25) is 0 Å². The molecular weight excluding hydrogens is 414 g/mol. The summed E-state index contributed by atoms with van der Waals surface area (Å²) in [6, 6.07) is 11.7. The van der Waals surface area contributed by atoms with Crippen molar-refractivity contribution >= 4 is 28.7 Å². The lowest BCUT2D eigenvalue weighted by atomic mass is 9.70. The highest BCUT2D eigenvalue weighted by molar-refractivity contribution is 6.05. The summed E-state index contributed by atoms with van der Waals surface area (Å²) in [7, 11) is 1.61. The fraction of sp³-hybridized carbons (Fsp3) is 0.429. The molecule has 33 heavy (non-hydrogen) atoms. The number of allylic oxidation sites excluding steroid dienone is 2. The van der Waals surface area contributed by atoms with Gasteiger partial charge < -0.3 is 9.84 Å². The van der Waals surface area contributed by atoms with E-state index in [0.29, 0.717) is 18.8 Å². The molecule has 2 aromatic carbocycles. The van der Waals surface area contributed by atoms with E-state index < -0.39 is 0 Å². The predicted octanol–water partition coefficient (Wildman–Crippen LogP) is 5.09. The highest BCUT2D eigenvalue weighted by Gasteiger charge is 2.55. The zero-order chi connectivity index (χ0) is 23.3. The number of carbonyl (C=O) groups excluding carboxylic acids is 2. The molecule has 0 unspecified atom stereocenters. The second-order valence-corrected chi connectivity index (χ2v) is 9.65. The zero-order valence-corrected chi connectivity index (χ0v) is 19.5. The standard InChI is InChI=1S/C28H31NO4/c1-4-17(14-18-10-11-23(30)20-8-6-5-7-19(18)20)9-12-24-25-16(2)13-21-26(22(25)15-33-24)28(32)29(3)27(21)31/h5-8,10-11,14,21-22,24,26,30H,4,9,12-13,15H2,1-3H3/b17-14+/t21-,22+,24-,26-/m1/s1. The lowest BCUT2D eigenvalue weighted by Crippen LogP contribution is -2.33. The molecule has 2 heterocycles. The first-order chi connectivity index (χ1) is 15.9. The van der Waals surface area contributed by atoms with Gasteiger partial charge in [0, 0.05) is 18.4 Å². The SMILES string of the molecule is CC/C(=C\c1ccc(O)c2ccccc12)CC[C@H]1OC[C@H]2C1=C(C)C[C@H]1C(=O)N(C)C(=O)[C@H]12. The van der Waals surface area contributed by atoms with Crippen molar-refractivity contribution in [1.29, 1.82) is 0 Å². The Labute approximate surface area is 194 Å². The second kappa shape index (κ2) is 8.45. The lowest BCUT2D eigenvalue weighted by Gasteiger charge is -2.30. The number of amides is 2. The number of nitrogens with zero attached hydrogens (tertiary/aromatic N) is 1. The number of hydrogen-bond acceptors (Lipinski definition) is 4. The third-order valence-corrected chi connectivity index (χ3v) is 7.85. The molecule has 0 radical (unpaired) electrons. The Kier molecular flexibility index (Phi) is 5.61. The summed E-state index contributed by atoms with van der Waals surface area (Å²) in [5, 5.41) is 12.1. The number of phenols is 1. The third kappa shape index (κ3) is 3.59. The fourth-order valence-electron chi connectivity index (χ4n) is 6.11. The van der Waals surface area contributed by atoms with E-state index in [9.17, 15) is 14.7 Å². The largest absolute Gasteiger partial charge is 0.507 e. The molecule has 2 amide bonds. The summed E-state index contributed by atoms with van der Waals surface area (Å²) in [4.78, 5) is 26.6. The first-order valence-electron chi connectivity index (χ1n) is 11.9. The minimum Gasteiger partial charge on any atom is -0.507 e. The van der Waals surface area contributed by atoms with Crippen molar-refractivity contribution in [2.75, 3.05) is 13.7 Å². The predicted molar refractivity (Wildman–Crippen MR) is 128 cm³/mol. The molecule has 172 valence electrons. The summed E-state index contributed by atoms with van der Waals surface area (Å²) in [5.41, 5.74) is 4.93. The number of ether oxygens (including phenoxy) is 1. The van der Waals surface area contributed by atoms with E-state index in [0.717, 1.165) is 35.6 Å². The van der Waals surface area contributed by atoms with Crippen molar-refractivity contribution in [3.63, 3.8) is 0 Å². The minimum absolute atomic E-state index is 0.0104. The maximum absolute atomic E-state index is 12.8. The van der Waals surface area contributed by atoms with Crippen LogP contribution >= 0.6 is 0 Å². The van der Waals surface area contributed by atoms with Crippen molar-refractivity contribution in [3.8, 4) is 5.75 Å². The summed E-state index contributed by atoms with van der Waals surface area (Å²) in [6.07, 6.45) is 5.62. The Morgan fingerprint density at radius 1 is 1.12 bits per heavy atom. The van der Waals surface area contributed by atoms with Crippen molar-refractivity contribution < 1.29 is 19.4 Å².